The van der Waals surface area contributed by atoms with Gasteiger partial charge in [0.05, 0.1) is 25.3 Å². The van der Waals surface area contributed by atoms with Crippen molar-refractivity contribution in [3.8, 4) is 0 Å². The van der Waals surface area contributed by atoms with Crippen molar-refractivity contribution >= 4 is 0 Å². The number of rotatable bonds is 5. The number of hydrogen-bond acceptors (Lipinski definition) is 5. The van der Waals surface area contributed by atoms with Gasteiger partial charge in [-0.2, -0.15) is 0 Å². The van der Waals surface area contributed by atoms with Crippen LogP contribution in [0.15, 0.2) is 51.2 Å². The van der Waals surface area contributed by atoms with E-state index in [1.807, 2.05) is 30.3 Å². The van der Waals surface area contributed by atoms with Gasteiger partial charge in [0, 0.05) is 23.1 Å². The molecule has 1 aliphatic rings. The van der Waals surface area contributed by atoms with Gasteiger partial charge in [0.2, 0.25) is 0 Å². The smallest absolute Gasteiger partial charge is 0.333 e. The third-order valence-corrected chi connectivity index (χ3v) is 4.44. The summed E-state index contributed by atoms with van der Waals surface area (Å²) in [4.78, 5) is 28.1. The molecule has 0 aliphatic carbocycles. The molecule has 26 heavy (non-hydrogen) atoms. The fourth-order valence-corrected chi connectivity index (χ4v) is 3.11. The SMILES string of the molecule is Cc1cn([C@H]2CC(N=[N+]=[N-])[C@@H](CO)O2)c(=O)n(Cc2ccccc2)c1=O. The maximum atomic E-state index is 12.9. The predicted octanol–water partition coefficient (Wildman–Crippen LogP) is 1.33. The average molecular weight is 357 g/mol. The highest BCUT2D eigenvalue weighted by molar-refractivity contribution is 5.16. The van der Waals surface area contributed by atoms with Crippen LogP contribution in [0.25, 0.3) is 10.4 Å². The Hall–Kier alpha value is -2.87. The summed E-state index contributed by atoms with van der Waals surface area (Å²) in [5.41, 5.74) is 9.01. The van der Waals surface area contributed by atoms with E-state index in [2.05, 4.69) is 10.0 Å². The van der Waals surface area contributed by atoms with Crippen LogP contribution in [0.2, 0.25) is 0 Å². The first-order valence-electron chi connectivity index (χ1n) is 8.22. The minimum absolute atomic E-state index is 0.149. The van der Waals surface area contributed by atoms with Gasteiger partial charge in [-0.15, -0.1) is 0 Å². The summed E-state index contributed by atoms with van der Waals surface area (Å²) in [6.07, 6.45) is 0.302. The first-order chi connectivity index (χ1) is 12.5. The van der Waals surface area contributed by atoms with Crippen molar-refractivity contribution in [2.24, 2.45) is 5.11 Å². The Labute approximate surface area is 148 Å². The molecule has 1 aromatic heterocycles. The van der Waals surface area contributed by atoms with Crippen LogP contribution in [0.5, 0.6) is 0 Å². The second kappa shape index (κ2) is 7.57. The normalized spacial score (nSPS) is 22.2. The number of aliphatic hydroxyl groups is 1. The molecule has 0 radical (unpaired) electrons. The zero-order valence-electron chi connectivity index (χ0n) is 14.2. The molecule has 1 unspecified atom stereocenters. The summed E-state index contributed by atoms with van der Waals surface area (Å²) in [7, 11) is 0. The van der Waals surface area contributed by atoms with Gasteiger partial charge in [0.1, 0.15) is 6.23 Å². The Morgan fingerprint density at radius 3 is 2.73 bits per heavy atom. The molecule has 0 bridgehead atoms. The van der Waals surface area contributed by atoms with Crippen molar-refractivity contribution in [3.05, 3.63) is 78.9 Å². The Balaban J connectivity index is 2.00. The molecule has 3 rings (SSSR count). The van der Waals surface area contributed by atoms with E-state index >= 15 is 0 Å². The Bertz CT molecular complexity index is 946. The number of ether oxygens (including phenoxy) is 1. The zero-order valence-corrected chi connectivity index (χ0v) is 14.2. The minimum Gasteiger partial charge on any atom is -0.394 e. The third kappa shape index (κ3) is 3.41. The molecule has 1 fully saturated rings. The minimum atomic E-state index is -0.712. The van der Waals surface area contributed by atoms with Gasteiger partial charge in [-0.25, -0.2) is 4.79 Å². The van der Waals surface area contributed by atoms with E-state index in [1.165, 1.54) is 10.8 Å². The van der Waals surface area contributed by atoms with E-state index in [-0.39, 0.29) is 25.1 Å². The number of nitrogens with zero attached hydrogens (tertiary/aromatic N) is 5. The molecule has 0 saturated carbocycles. The van der Waals surface area contributed by atoms with Crippen molar-refractivity contribution in [1.82, 2.24) is 9.13 Å². The number of azide groups is 1. The van der Waals surface area contributed by atoms with Crippen LogP contribution in [-0.4, -0.2) is 33.0 Å². The molecule has 3 atom stereocenters. The molecule has 1 saturated heterocycles. The fourth-order valence-electron chi connectivity index (χ4n) is 3.11. The zero-order chi connectivity index (χ0) is 18.7. The van der Waals surface area contributed by atoms with Crippen LogP contribution in [0.3, 0.4) is 0 Å². The maximum absolute atomic E-state index is 12.9. The molecule has 0 spiro atoms. The largest absolute Gasteiger partial charge is 0.394 e. The lowest BCUT2D eigenvalue weighted by atomic mass is 10.1. The lowest BCUT2D eigenvalue weighted by Crippen LogP contribution is -2.42. The van der Waals surface area contributed by atoms with Gasteiger partial charge >= 0.3 is 5.69 Å². The number of aryl methyl sites for hydroxylation is 1. The van der Waals surface area contributed by atoms with Crippen molar-refractivity contribution in [3.63, 3.8) is 0 Å². The number of aromatic nitrogens is 2. The molecule has 2 heterocycles. The van der Waals surface area contributed by atoms with Gasteiger partial charge in [0.15, 0.2) is 0 Å². The summed E-state index contributed by atoms with van der Waals surface area (Å²) in [5, 5.41) is 13.0. The molecular weight excluding hydrogens is 338 g/mol. The second-order valence-electron chi connectivity index (χ2n) is 6.20. The van der Waals surface area contributed by atoms with Gasteiger partial charge in [-0.1, -0.05) is 35.4 Å². The molecule has 1 aliphatic heterocycles. The summed E-state index contributed by atoms with van der Waals surface area (Å²) in [6.45, 7) is 1.46. The highest BCUT2D eigenvalue weighted by Gasteiger charge is 2.36. The summed E-state index contributed by atoms with van der Waals surface area (Å²) < 4.78 is 8.16. The Kier molecular flexibility index (Phi) is 5.22. The van der Waals surface area contributed by atoms with E-state index in [9.17, 15) is 14.7 Å². The maximum Gasteiger partial charge on any atom is 0.333 e. The molecule has 9 nitrogen and oxygen atoms in total. The van der Waals surface area contributed by atoms with E-state index in [0.717, 1.165) is 10.1 Å². The van der Waals surface area contributed by atoms with Crippen molar-refractivity contribution in [2.45, 2.75) is 38.3 Å². The molecule has 1 aromatic carbocycles. The van der Waals surface area contributed by atoms with E-state index in [0.29, 0.717) is 5.56 Å². The van der Waals surface area contributed by atoms with Crippen LogP contribution < -0.4 is 11.2 Å². The first-order valence-corrected chi connectivity index (χ1v) is 8.22. The number of hydrogen-bond donors (Lipinski definition) is 1. The van der Waals surface area contributed by atoms with E-state index in [1.54, 1.807) is 6.92 Å². The predicted molar refractivity (Wildman–Crippen MR) is 93.8 cm³/mol. The number of aliphatic hydroxyl groups excluding tert-OH is 1. The summed E-state index contributed by atoms with van der Waals surface area (Å²) in [5.74, 6) is 0. The highest BCUT2D eigenvalue weighted by Crippen LogP contribution is 2.29. The van der Waals surface area contributed by atoms with Gasteiger partial charge in [0.25, 0.3) is 5.56 Å². The Morgan fingerprint density at radius 2 is 2.08 bits per heavy atom. The van der Waals surface area contributed by atoms with Crippen LogP contribution in [0.4, 0.5) is 0 Å². The molecule has 136 valence electrons. The Morgan fingerprint density at radius 1 is 1.35 bits per heavy atom. The topological polar surface area (TPSA) is 122 Å². The van der Waals surface area contributed by atoms with Crippen LogP contribution in [0, 0.1) is 6.92 Å². The van der Waals surface area contributed by atoms with Crippen molar-refractivity contribution < 1.29 is 9.84 Å². The van der Waals surface area contributed by atoms with Gasteiger partial charge in [-0.05, 0) is 18.0 Å². The quantitative estimate of drug-likeness (QED) is 0.492. The van der Waals surface area contributed by atoms with E-state index in [4.69, 9.17) is 10.3 Å². The molecule has 1 N–H and O–H groups in total. The highest BCUT2D eigenvalue weighted by atomic mass is 16.5. The van der Waals surface area contributed by atoms with Crippen molar-refractivity contribution in [1.29, 1.82) is 0 Å². The summed E-state index contributed by atoms with van der Waals surface area (Å²) >= 11 is 0. The lowest BCUT2D eigenvalue weighted by molar-refractivity contribution is -0.0277. The third-order valence-electron chi connectivity index (χ3n) is 4.44. The second-order valence-corrected chi connectivity index (χ2v) is 6.20. The monoisotopic (exact) mass is 357 g/mol. The molecule has 9 heteroatoms. The van der Waals surface area contributed by atoms with E-state index < -0.39 is 24.1 Å². The lowest BCUT2D eigenvalue weighted by Gasteiger charge is -2.17. The summed E-state index contributed by atoms with van der Waals surface area (Å²) in [6, 6.07) is 8.64. The van der Waals surface area contributed by atoms with Crippen LogP contribution in [0.1, 0.15) is 23.8 Å². The first kappa shape index (κ1) is 17.9. The van der Waals surface area contributed by atoms with Crippen molar-refractivity contribution in [2.75, 3.05) is 6.61 Å². The molecular formula is C17H19N5O4. The van der Waals surface area contributed by atoms with Gasteiger partial charge in [-0.3, -0.25) is 13.9 Å². The van der Waals surface area contributed by atoms with Crippen LogP contribution in [-0.2, 0) is 11.3 Å². The molecule has 2 aromatic rings. The average Bonchev–Trinajstić information content (AvgIpc) is 3.06. The van der Waals surface area contributed by atoms with Gasteiger partial charge < -0.3 is 9.84 Å². The fraction of sp³-hybridized carbons (Fsp3) is 0.412. The molecule has 0 amide bonds. The van der Waals surface area contributed by atoms with Crippen LogP contribution >= 0.6 is 0 Å². The standard InChI is InChI=1S/C17H19N5O4/c1-11-8-21(15-7-13(19-20-18)14(10-23)26-15)17(25)22(16(11)24)9-12-5-3-2-4-6-12/h2-6,8,13-15,23H,7,9-10H2,1H3/t13?,14-,15-/m1/s1. The number of benzene rings is 1.